The minimum Gasteiger partial charge on any atom is -0.451 e. The standard InChI is InChI=1S/C21H33F3O5S/c1-2-3-4-5-6-7-8-9-10-11-12-13-14-15-16-17-20(25)29-19(21(22,23)24)18-30(26,27)28/h3-4,6-7,9-10,19H,2,5,8,11-18H2,1H3,(H,26,27,28)/b4-3-,7-6+,10-9+. The van der Waals surface area contributed by atoms with Gasteiger partial charge in [0.05, 0.1) is 0 Å². The number of allylic oxidation sites excluding steroid dienone is 6. The molecular formula is C21H33F3O5S. The van der Waals surface area contributed by atoms with Crippen LogP contribution in [-0.4, -0.2) is 37.0 Å². The maximum absolute atomic E-state index is 12.7. The fourth-order valence-electron chi connectivity index (χ4n) is 2.49. The average Bonchev–Trinajstić information content (AvgIpc) is 2.62. The highest BCUT2D eigenvalue weighted by Crippen LogP contribution is 2.24. The number of alkyl halides is 3. The van der Waals surface area contributed by atoms with Gasteiger partial charge in [0.15, 0.2) is 0 Å². The zero-order valence-corrected chi connectivity index (χ0v) is 18.3. The lowest BCUT2D eigenvalue weighted by Crippen LogP contribution is -2.39. The first-order valence-electron chi connectivity index (χ1n) is 10.2. The van der Waals surface area contributed by atoms with Crippen molar-refractivity contribution in [3.05, 3.63) is 36.5 Å². The second kappa shape index (κ2) is 16.1. The van der Waals surface area contributed by atoms with Gasteiger partial charge in [0.1, 0.15) is 5.75 Å². The van der Waals surface area contributed by atoms with Crippen molar-refractivity contribution in [2.24, 2.45) is 0 Å². The minimum absolute atomic E-state index is 0.224. The van der Waals surface area contributed by atoms with Crippen molar-refractivity contribution in [3.63, 3.8) is 0 Å². The number of hydrogen-bond acceptors (Lipinski definition) is 4. The largest absolute Gasteiger partial charge is 0.451 e. The molecule has 0 aromatic carbocycles. The summed E-state index contributed by atoms with van der Waals surface area (Å²) in [6, 6.07) is 0. The van der Waals surface area contributed by atoms with Gasteiger partial charge in [-0.3, -0.25) is 9.35 Å². The van der Waals surface area contributed by atoms with Gasteiger partial charge in [-0.2, -0.15) is 21.6 Å². The van der Waals surface area contributed by atoms with Gasteiger partial charge in [-0.05, 0) is 38.5 Å². The molecule has 0 aromatic heterocycles. The minimum atomic E-state index is -5.05. The molecule has 0 saturated heterocycles. The van der Waals surface area contributed by atoms with Crippen LogP contribution in [0.2, 0.25) is 0 Å². The summed E-state index contributed by atoms with van der Waals surface area (Å²) in [5, 5.41) is 0. The van der Waals surface area contributed by atoms with Gasteiger partial charge in [0.25, 0.3) is 10.1 Å². The first-order chi connectivity index (χ1) is 14.1. The smallest absolute Gasteiger partial charge is 0.426 e. The van der Waals surface area contributed by atoms with E-state index in [1.54, 1.807) is 0 Å². The van der Waals surface area contributed by atoms with E-state index in [2.05, 4.69) is 48.1 Å². The molecule has 174 valence electrons. The molecule has 1 N–H and O–H groups in total. The van der Waals surface area contributed by atoms with Crippen LogP contribution in [0.5, 0.6) is 0 Å². The molecule has 0 radical (unpaired) electrons. The van der Waals surface area contributed by atoms with E-state index in [9.17, 15) is 26.4 Å². The van der Waals surface area contributed by atoms with Gasteiger partial charge >= 0.3 is 12.1 Å². The Morgan fingerprint density at radius 2 is 1.47 bits per heavy atom. The third-order valence-electron chi connectivity index (χ3n) is 4.03. The SMILES string of the molecule is CC/C=C\C/C=C/C/C=C/CCCCCCCC(=O)OC(CS(=O)(=O)O)C(F)(F)F. The van der Waals surface area contributed by atoms with Crippen LogP contribution in [0.4, 0.5) is 13.2 Å². The van der Waals surface area contributed by atoms with Gasteiger partial charge in [-0.25, -0.2) is 0 Å². The van der Waals surface area contributed by atoms with E-state index >= 15 is 0 Å². The summed E-state index contributed by atoms with van der Waals surface area (Å²) in [6.07, 6.45) is 12.3. The molecule has 0 aliphatic carbocycles. The van der Waals surface area contributed by atoms with Crippen LogP contribution in [0.15, 0.2) is 36.5 Å². The molecule has 0 aliphatic rings. The van der Waals surface area contributed by atoms with Crippen LogP contribution in [0.3, 0.4) is 0 Å². The van der Waals surface area contributed by atoms with Gasteiger partial charge < -0.3 is 4.74 Å². The normalized spacial score (nSPS) is 14.2. The Morgan fingerprint density at radius 1 is 0.933 bits per heavy atom. The zero-order chi connectivity index (χ0) is 22.9. The van der Waals surface area contributed by atoms with Crippen LogP contribution in [-0.2, 0) is 19.6 Å². The maximum atomic E-state index is 12.7. The van der Waals surface area contributed by atoms with Crippen LogP contribution in [0.25, 0.3) is 0 Å². The highest BCUT2D eigenvalue weighted by Gasteiger charge is 2.45. The van der Waals surface area contributed by atoms with E-state index in [0.717, 1.165) is 44.9 Å². The van der Waals surface area contributed by atoms with Crippen molar-refractivity contribution in [2.45, 2.75) is 83.4 Å². The molecule has 1 unspecified atom stereocenters. The molecular weight excluding hydrogens is 421 g/mol. The first-order valence-corrected chi connectivity index (χ1v) is 11.8. The molecule has 0 fully saturated rings. The first kappa shape index (κ1) is 28.4. The maximum Gasteiger partial charge on any atom is 0.426 e. The number of hydrogen-bond donors (Lipinski definition) is 1. The van der Waals surface area contributed by atoms with Crippen molar-refractivity contribution in [2.75, 3.05) is 5.75 Å². The van der Waals surface area contributed by atoms with Crippen LogP contribution in [0.1, 0.15) is 71.1 Å². The van der Waals surface area contributed by atoms with E-state index in [4.69, 9.17) is 4.55 Å². The van der Waals surface area contributed by atoms with E-state index < -0.39 is 34.1 Å². The number of halogens is 3. The van der Waals surface area contributed by atoms with Gasteiger partial charge in [-0.15, -0.1) is 0 Å². The van der Waals surface area contributed by atoms with Crippen molar-refractivity contribution >= 4 is 16.1 Å². The number of carbonyl (C=O) groups is 1. The van der Waals surface area contributed by atoms with Crippen molar-refractivity contribution in [1.82, 2.24) is 0 Å². The van der Waals surface area contributed by atoms with Crippen molar-refractivity contribution in [3.8, 4) is 0 Å². The highest BCUT2D eigenvalue weighted by molar-refractivity contribution is 7.85. The Kier molecular flexibility index (Phi) is 15.3. The lowest BCUT2D eigenvalue weighted by molar-refractivity contribution is -0.215. The van der Waals surface area contributed by atoms with Gasteiger partial charge in [0.2, 0.25) is 6.10 Å². The summed E-state index contributed by atoms with van der Waals surface area (Å²) < 4.78 is 72.0. The van der Waals surface area contributed by atoms with Crippen molar-refractivity contribution < 1.29 is 35.7 Å². The summed E-state index contributed by atoms with van der Waals surface area (Å²) >= 11 is 0. The van der Waals surface area contributed by atoms with E-state index in [1.165, 1.54) is 0 Å². The molecule has 0 saturated carbocycles. The molecule has 0 aromatic rings. The third kappa shape index (κ3) is 18.4. The molecule has 0 heterocycles. The zero-order valence-electron chi connectivity index (χ0n) is 17.4. The molecule has 0 spiro atoms. The Labute approximate surface area is 177 Å². The Balaban J connectivity index is 3.81. The lowest BCUT2D eigenvalue weighted by atomic mass is 10.1. The van der Waals surface area contributed by atoms with E-state index in [0.29, 0.717) is 12.8 Å². The number of rotatable bonds is 16. The van der Waals surface area contributed by atoms with E-state index in [-0.39, 0.29) is 6.42 Å². The molecule has 30 heavy (non-hydrogen) atoms. The molecule has 5 nitrogen and oxygen atoms in total. The monoisotopic (exact) mass is 454 g/mol. The number of esters is 1. The predicted octanol–water partition coefficient (Wildman–Crippen LogP) is 5.94. The summed E-state index contributed by atoms with van der Waals surface area (Å²) in [6.45, 7) is 2.10. The summed E-state index contributed by atoms with van der Waals surface area (Å²) in [5.41, 5.74) is 0. The highest BCUT2D eigenvalue weighted by atomic mass is 32.2. The third-order valence-corrected chi connectivity index (χ3v) is 4.76. The molecule has 9 heteroatoms. The number of ether oxygens (including phenoxy) is 1. The molecule has 0 amide bonds. The average molecular weight is 455 g/mol. The summed E-state index contributed by atoms with van der Waals surface area (Å²) in [5.74, 6) is -2.82. The second-order valence-electron chi connectivity index (χ2n) is 6.87. The molecule has 0 aliphatic heterocycles. The molecule has 1 atom stereocenters. The second-order valence-corrected chi connectivity index (χ2v) is 8.37. The fourth-order valence-corrected chi connectivity index (χ4v) is 3.13. The molecule has 0 rings (SSSR count). The van der Waals surface area contributed by atoms with Gasteiger partial charge in [0, 0.05) is 6.42 Å². The van der Waals surface area contributed by atoms with E-state index in [1.807, 2.05) is 0 Å². The predicted molar refractivity (Wildman–Crippen MR) is 112 cm³/mol. The summed E-state index contributed by atoms with van der Waals surface area (Å²) in [7, 11) is -4.91. The fraction of sp³-hybridized carbons (Fsp3) is 0.667. The lowest BCUT2D eigenvalue weighted by Gasteiger charge is -2.19. The Morgan fingerprint density at radius 3 is 2.03 bits per heavy atom. The van der Waals surface area contributed by atoms with Crippen LogP contribution < -0.4 is 0 Å². The molecule has 0 bridgehead atoms. The Bertz CT molecular complexity index is 652. The number of carbonyl (C=O) groups excluding carboxylic acids is 1. The van der Waals surface area contributed by atoms with Crippen LogP contribution in [0, 0.1) is 0 Å². The Hall–Kier alpha value is -1.61. The van der Waals surface area contributed by atoms with Crippen molar-refractivity contribution in [1.29, 1.82) is 0 Å². The number of unbranched alkanes of at least 4 members (excludes halogenated alkanes) is 5. The van der Waals surface area contributed by atoms with Crippen LogP contribution >= 0.6 is 0 Å². The topological polar surface area (TPSA) is 80.7 Å². The van der Waals surface area contributed by atoms with Gasteiger partial charge in [-0.1, -0.05) is 62.6 Å². The summed E-state index contributed by atoms with van der Waals surface area (Å²) in [4.78, 5) is 11.5. The quantitative estimate of drug-likeness (QED) is 0.135.